The van der Waals surface area contributed by atoms with Crippen LogP contribution in [0.15, 0.2) is 0 Å². The molecule has 0 amide bonds. The van der Waals surface area contributed by atoms with Crippen LogP contribution in [0, 0.1) is 16.7 Å². The zero-order valence-electron chi connectivity index (χ0n) is 15.3. The zero-order valence-corrected chi connectivity index (χ0v) is 16.3. The molecular weight excluding hydrogens is 276 g/mol. The molecule has 3 atom stereocenters. The molecule has 2 aliphatic carbocycles. The van der Waals surface area contributed by atoms with Crippen molar-refractivity contribution in [3.8, 4) is 0 Å². The van der Waals surface area contributed by atoms with Crippen LogP contribution in [0.25, 0.3) is 0 Å². The molecule has 0 heterocycles. The summed E-state index contributed by atoms with van der Waals surface area (Å²) in [6.07, 6.45) is 4.37. The largest absolute Gasteiger partial charge is 0.413 e. The van der Waals surface area contributed by atoms with Gasteiger partial charge in [0.1, 0.15) is 5.78 Å². The van der Waals surface area contributed by atoms with Crippen molar-refractivity contribution >= 4 is 14.1 Å². The van der Waals surface area contributed by atoms with Crippen molar-refractivity contribution in [2.75, 3.05) is 0 Å². The van der Waals surface area contributed by atoms with E-state index in [1.807, 2.05) is 0 Å². The first kappa shape index (κ1) is 17.2. The van der Waals surface area contributed by atoms with Crippen molar-refractivity contribution < 1.29 is 9.22 Å². The number of carbonyl (C=O) groups excluding carboxylic acids is 1. The van der Waals surface area contributed by atoms with Gasteiger partial charge in [-0.25, -0.2) is 0 Å². The lowest BCUT2D eigenvalue weighted by Crippen LogP contribution is -2.52. The predicted molar refractivity (Wildman–Crippen MR) is 90.9 cm³/mol. The van der Waals surface area contributed by atoms with E-state index in [1.165, 1.54) is 0 Å². The SMILES string of the molecule is CC1(C)C(=O)CC[C@]2(C)C(O[Si](C)(C)C(C)(C)C)CC[C@@H]12. The molecule has 2 aliphatic rings. The second-order valence-corrected chi connectivity index (χ2v) is 14.4. The van der Waals surface area contributed by atoms with Crippen LogP contribution in [0.2, 0.25) is 18.1 Å². The summed E-state index contributed by atoms with van der Waals surface area (Å²) in [5, 5.41) is 0.251. The van der Waals surface area contributed by atoms with Gasteiger partial charge in [-0.15, -0.1) is 0 Å². The number of hydrogen-bond donors (Lipinski definition) is 0. The molecule has 2 saturated carbocycles. The van der Waals surface area contributed by atoms with Gasteiger partial charge in [0.05, 0.1) is 6.10 Å². The molecule has 2 fully saturated rings. The van der Waals surface area contributed by atoms with E-state index in [0.29, 0.717) is 17.8 Å². The van der Waals surface area contributed by atoms with E-state index in [-0.39, 0.29) is 15.9 Å². The van der Waals surface area contributed by atoms with Gasteiger partial charge >= 0.3 is 0 Å². The van der Waals surface area contributed by atoms with Gasteiger partial charge in [-0.2, -0.15) is 0 Å². The standard InChI is InChI=1S/C18H34O2Si/c1-16(2,3)21(7,8)20-15-10-9-13-17(4,5)14(19)11-12-18(13,15)6/h13,15H,9-12H2,1-8H3/t13-,15?,18-/m0/s1. The van der Waals surface area contributed by atoms with Crippen LogP contribution >= 0.6 is 0 Å². The van der Waals surface area contributed by atoms with Crippen LogP contribution in [0.5, 0.6) is 0 Å². The summed E-state index contributed by atoms with van der Waals surface area (Å²) in [6, 6.07) is 0. The average molecular weight is 311 g/mol. The van der Waals surface area contributed by atoms with E-state index < -0.39 is 8.32 Å². The fraction of sp³-hybridized carbons (Fsp3) is 0.944. The number of carbonyl (C=O) groups is 1. The van der Waals surface area contributed by atoms with E-state index >= 15 is 0 Å². The topological polar surface area (TPSA) is 26.3 Å². The van der Waals surface area contributed by atoms with Gasteiger partial charge in [-0.3, -0.25) is 4.79 Å². The first-order chi connectivity index (χ1) is 9.32. The Morgan fingerprint density at radius 1 is 1.14 bits per heavy atom. The maximum Gasteiger partial charge on any atom is 0.192 e. The fourth-order valence-corrected chi connectivity index (χ4v) is 5.80. The minimum absolute atomic E-state index is 0.168. The molecule has 0 bridgehead atoms. The highest BCUT2D eigenvalue weighted by Crippen LogP contribution is 2.59. The van der Waals surface area contributed by atoms with Crippen molar-refractivity contribution in [3.05, 3.63) is 0 Å². The Morgan fingerprint density at radius 3 is 2.24 bits per heavy atom. The maximum atomic E-state index is 12.3. The van der Waals surface area contributed by atoms with Crippen LogP contribution in [0.1, 0.15) is 67.2 Å². The average Bonchev–Trinajstić information content (AvgIpc) is 2.62. The number of hydrogen-bond acceptors (Lipinski definition) is 2. The summed E-state index contributed by atoms with van der Waals surface area (Å²) >= 11 is 0. The summed E-state index contributed by atoms with van der Waals surface area (Å²) in [5.74, 6) is 0.943. The van der Waals surface area contributed by atoms with Gasteiger partial charge in [0.25, 0.3) is 0 Å². The molecule has 0 radical (unpaired) electrons. The minimum Gasteiger partial charge on any atom is -0.413 e. The molecule has 0 aromatic rings. The lowest BCUT2D eigenvalue weighted by Gasteiger charge is -2.50. The van der Waals surface area contributed by atoms with Gasteiger partial charge in [0.15, 0.2) is 8.32 Å². The van der Waals surface area contributed by atoms with Crippen molar-refractivity contribution in [1.82, 2.24) is 0 Å². The Hall–Kier alpha value is -0.153. The number of ketones is 1. The Bertz CT molecular complexity index is 433. The molecule has 2 rings (SSSR count). The molecule has 0 spiro atoms. The van der Waals surface area contributed by atoms with Crippen LogP contribution in [-0.2, 0) is 9.22 Å². The summed E-state index contributed by atoms with van der Waals surface area (Å²) in [5.41, 5.74) is 0.0193. The third-order valence-corrected chi connectivity index (χ3v) is 11.5. The first-order valence-electron chi connectivity index (χ1n) is 8.53. The van der Waals surface area contributed by atoms with Gasteiger partial charge < -0.3 is 4.43 Å². The highest BCUT2D eigenvalue weighted by atomic mass is 28.4. The third-order valence-electron chi connectivity index (χ3n) is 6.97. The lowest BCUT2D eigenvalue weighted by atomic mass is 9.57. The summed E-state index contributed by atoms with van der Waals surface area (Å²) in [4.78, 5) is 12.3. The minimum atomic E-state index is -1.74. The van der Waals surface area contributed by atoms with E-state index in [4.69, 9.17) is 4.43 Å². The quantitative estimate of drug-likeness (QED) is 0.657. The monoisotopic (exact) mass is 310 g/mol. The Morgan fingerprint density at radius 2 is 1.71 bits per heavy atom. The van der Waals surface area contributed by atoms with Crippen molar-refractivity contribution in [2.24, 2.45) is 16.7 Å². The second-order valence-electron chi connectivity index (χ2n) is 9.65. The summed E-state index contributed by atoms with van der Waals surface area (Å²) in [6.45, 7) is 18.3. The molecule has 0 aromatic carbocycles. The fourth-order valence-electron chi connectivity index (χ4n) is 4.35. The predicted octanol–water partition coefficient (Wildman–Crippen LogP) is 5.18. The van der Waals surface area contributed by atoms with Crippen LogP contribution in [0.4, 0.5) is 0 Å². The summed E-state index contributed by atoms with van der Waals surface area (Å²) < 4.78 is 6.79. The Labute approximate surface area is 132 Å². The molecule has 2 nitrogen and oxygen atoms in total. The van der Waals surface area contributed by atoms with Gasteiger partial charge in [-0.05, 0) is 48.7 Å². The smallest absolute Gasteiger partial charge is 0.192 e. The highest BCUT2D eigenvalue weighted by molar-refractivity contribution is 6.74. The van der Waals surface area contributed by atoms with Crippen LogP contribution in [0.3, 0.4) is 0 Å². The van der Waals surface area contributed by atoms with Crippen LogP contribution < -0.4 is 0 Å². The highest BCUT2D eigenvalue weighted by Gasteiger charge is 2.59. The first-order valence-corrected chi connectivity index (χ1v) is 11.4. The molecule has 21 heavy (non-hydrogen) atoms. The molecule has 0 saturated heterocycles. The molecule has 3 heteroatoms. The molecule has 1 unspecified atom stereocenters. The van der Waals surface area contributed by atoms with E-state index in [1.54, 1.807) is 0 Å². The van der Waals surface area contributed by atoms with E-state index in [2.05, 4.69) is 54.6 Å². The number of fused-ring (bicyclic) bond motifs is 1. The van der Waals surface area contributed by atoms with Crippen molar-refractivity contribution in [2.45, 2.75) is 91.5 Å². The van der Waals surface area contributed by atoms with Crippen molar-refractivity contribution in [3.63, 3.8) is 0 Å². The lowest BCUT2D eigenvalue weighted by molar-refractivity contribution is -0.140. The molecule has 0 aliphatic heterocycles. The van der Waals surface area contributed by atoms with Gasteiger partial charge in [-0.1, -0.05) is 41.5 Å². The Balaban J connectivity index is 2.24. The van der Waals surface area contributed by atoms with Gasteiger partial charge in [0.2, 0.25) is 0 Å². The van der Waals surface area contributed by atoms with E-state index in [9.17, 15) is 4.79 Å². The van der Waals surface area contributed by atoms with Crippen LogP contribution in [-0.4, -0.2) is 20.2 Å². The number of Topliss-reactive ketones (excluding diaryl/α,β-unsaturated/α-hetero) is 1. The Kier molecular flexibility index (Phi) is 4.03. The molecule has 122 valence electrons. The zero-order chi connectivity index (χ0) is 16.3. The van der Waals surface area contributed by atoms with E-state index in [0.717, 1.165) is 25.7 Å². The maximum absolute atomic E-state index is 12.3. The third kappa shape index (κ3) is 2.65. The van der Waals surface area contributed by atoms with Gasteiger partial charge in [0, 0.05) is 11.8 Å². The molecule has 0 aromatic heterocycles. The van der Waals surface area contributed by atoms with Crippen molar-refractivity contribution in [1.29, 1.82) is 0 Å². The number of rotatable bonds is 2. The molecular formula is C18H34O2Si. The summed E-state index contributed by atoms with van der Waals surface area (Å²) in [7, 11) is -1.74. The second kappa shape index (κ2) is 4.92. The normalized spacial score (nSPS) is 36.7. The molecule has 0 N–H and O–H groups in total.